The highest BCUT2D eigenvalue weighted by Gasteiger charge is 2.22. The fraction of sp³-hybridized carbons (Fsp3) is 0.600. The van der Waals surface area contributed by atoms with Crippen molar-refractivity contribution in [3.8, 4) is 5.75 Å². The van der Waals surface area contributed by atoms with E-state index in [0.717, 1.165) is 18.8 Å². The van der Waals surface area contributed by atoms with Gasteiger partial charge in [0.05, 0.1) is 6.10 Å². The Morgan fingerprint density at radius 1 is 1.35 bits per heavy atom. The molecule has 0 bridgehead atoms. The zero-order valence-corrected chi connectivity index (χ0v) is 10.7. The molecule has 1 aromatic carbocycles. The zero-order chi connectivity index (χ0) is 12.3. The van der Waals surface area contributed by atoms with Crippen LogP contribution in [0.25, 0.3) is 0 Å². The Labute approximate surface area is 103 Å². The van der Waals surface area contributed by atoms with Crippen LogP contribution < -0.4 is 4.74 Å². The van der Waals surface area contributed by atoms with Crippen LogP contribution in [0.5, 0.6) is 5.75 Å². The van der Waals surface area contributed by atoms with E-state index in [0.29, 0.717) is 11.3 Å². The monoisotopic (exact) mass is 236 g/mol. The first-order valence-corrected chi connectivity index (χ1v) is 6.62. The van der Waals surface area contributed by atoms with E-state index in [9.17, 15) is 4.39 Å². The van der Waals surface area contributed by atoms with Crippen LogP contribution in [0.1, 0.15) is 44.6 Å². The molecule has 0 aromatic heterocycles. The molecule has 1 saturated carbocycles. The molecule has 0 saturated heterocycles. The molecule has 2 heteroatoms. The van der Waals surface area contributed by atoms with Crippen molar-refractivity contribution in [1.82, 2.24) is 0 Å². The molecule has 1 fully saturated rings. The highest BCUT2D eigenvalue weighted by atomic mass is 19.1. The quantitative estimate of drug-likeness (QED) is 0.751. The Morgan fingerprint density at radius 2 is 2.18 bits per heavy atom. The molecule has 1 aromatic rings. The minimum atomic E-state index is -0.176. The van der Waals surface area contributed by atoms with Gasteiger partial charge in [-0.05, 0) is 43.7 Å². The first-order chi connectivity index (χ1) is 8.19. The van der Waals surface area contributed by atoms with Crippen LogP contribution >= 0.6 is 0 Å². The summed E-state index contributed by atoms with van der Waals surface area (Å²) in [5.41, 5.74) is 0.674. The molecule has 94 valence electrons. The molecule has 0 aliphatic heterocycles. The van der Waals surface area contributed by atoms with E-state index in [2.05, 4.69) is 6.92 Å². The summed E-state index contributed by atoms with van der Waals surface area (Å²) < 4.78 is 19.3. The molecule has 2 rings (SSSR count). The summed E-state index contributed by atoms with van der Waals surface area (Å²) in [6, 6.07) is 5.16. The van der Waals surface area contributed by atoms with Gasteiger partial charge in [-0.15, -0.1) is 0 Å². The number of aryl methyl sites for hydroxylation is 1. The Kier molecular flexibility index (Phi) is 4.03. The molecule has 1 aliphatic rings. The molecule has 2 atom stereocenters. The smallest absolute Gasteiger partial charge is 0.129 e. The van der Waals surface area contributed by atoms with Crippen molar-refractivity contribution < 1.29 is 9.13 Å². The van der Waals surface area contributed by atoms with Crippen LogP contribution in [0.2, 0.25) is 0 Å². The van der Waals surface area contributed by atoms with E-state index in [1.807, 2.05) is 6.07 Å². The number of benzene rings is 1. The highest BCUT2D eigenvalue weighted by Crippen LogP contribution is 2.29. The van der Waals surface area contributed by atoms with Crippen molar-refractivity contribution in [2.24, 2.45) is 5.92 Å². The van der Waals surface area contributed by atoms with Gasteiger partial charge in [-0.25, -0.2) is 4.39 Å². The maximum absolute atomic E-state index is 13.4. The first kappa shape index (κ1) is 12.4. The summed E-state index contributed by atoms with van der Waals surface area (Å²) in [5.74, 6) is 1.28. The molecule has 0 spiro atoms. The molecule has 0 heterocycles. The third kappa shape index (κ3) is 3.21. The second kappa shape index (κ2) is 5.52. The van der Waals surface area contributed by atoms with E-state index in [1.54, 1.807) is 13.0 Å². The van der Waals surface area contributed by atoms with Gasteiger partial charge in [0.25, 0.3) is 0 Å². The summed E-state index contributed by atoms with van der Waals surface area (Å²) in [5, 5.41) is 0. The third-order valence-electron chi connectivity index (χ3n) is 3.76. The molecule has 0 amide bonds. The lowest BCUT2D eigenvalue weighted by atomic mass is 9.85. The van der Waals surface area contributed by atoms with Crippen molar-refractivity contribution in [1.29, 1.82) is 0 Å². The minimum Gasteiger partial charge on any atom is -0.490 e. The predicted octanol–water partition coefficient (Wildman–Crippen LogP) is 4.48. The topological polar surface area (TPSA) is 9.23 Å². The predicted molar refractivity (Wildman–Crippen MR) is 67.8 cm³/mol. The number of hydrogen-bond acceptors (Lipinski definition) is 1. The van der Waals surface area contributed by atoms with Gasteiger partial charge in [-0.1, -0.05) is 25.8 Å². The standard InChI is InChI=1S/C15H21FO/c1-3-12-5-4-6-13(9-12)17-14-8-7-11(2)15(16)10-14/h7-8,10,12-13H,3-6,9H2,1-2H3. The average molecular weight is 236 g/mol. The first-order valence-electron chi connectivity index (χ1n) is 6.62. The van der Waals surface area contributed by atoms with E-state index in [1.165, 1.54) is 25.3 Å². The van der Waals surface area contributed by atoms with Crippen molar-refractivity contribution in [3.05, 3.63) is 29.6 Å². The second-order valence-corrected chi connectivity index (χ2v) is 5.09. The van der Waals surface area contributed by atoms with E-state index >= 15 is 0 Å². The summed E-state index contributed by atoms with van der Waals surface area (Å²) in [6.07, 6.45) is 6.27. The van der Waals surface area contributed by atoms with Gasteiger partial charge in [0.2, 0.25) is 0 Å². The second-order valence-electron chi connectivity index (χ2n) is 5.09. The van der Waals surface area contributed by atoms with Gasteiger partial charge >= 0.3 is 0 Å². The minimum absolute atomic E-state index is 0.176. The Hall–Kier alpha value is -1.05. The Balaban J connectivity index is 1.97. The third-order valence-corrected chi connectivity index (χ3v) is 3.76. The fourth-order valence-corrected chi connectivity index (χ4v) is 2.56. The van der Waals surface area contributed by atoms with Crippen LogP contribution in [0.4, 0.5) is 4.39 Å². The normalized spacial score (nSPS) is 24.6. The van der Waals surface area contributed by atoms with Crippen molar-refractivity contribution in [2.45, 2.75) is 52.1 Å². The van der Waals surface area contributed by atoms with Crippen molar-refractivity contribution in [3.63, 3.8) is 0 Å². The largest absolute Gasteiger partial charge is 0.490 e. The van der Waals surface area contributed by atoms with Crippen molar-refractivity contribution >= 4 is 0 Å². The molecule has 0 N–H and O–H groups in total. The van der Waals surface area contributed by atoms with E-state index < -0.39 is 0 Å². The lowest BCUT2D eigenvalue weighted by Gasteiger charge is -2.29. The summed E-state index contributed by atoms with van der Waals surface area (Å²) in [4.78, 5) is 0. The van der Waals surface area contributed by atoms with Crippen molar-refractivity contribution in [2.75, 3.05) is 0 Å². The Bertz CT molecular complexity index is 375. The van der Waals surface area contributed by atoms with Gasteiger partial charge in [0.15, 0.2) is 0 Å². The van der Waals surface area contributed by atoms with Crippen LogP contribution in [0.15, 0.2) is 18.2 Å². The summed E-state index contributed by atoms with van der Waals surface area (Å²) in [6.45, 7) is 4.01. The van der Waals surface area contributed by atoms with Gasteiger partial charge in [-0.2, -0.15) is 0 Å². The molecule has 0 radical (unpaired) electrons. The van der Waals surface area contributed by atoms with Gasteiger partial charge in [0, 0.05) is 6.07 Å². The van der Waals surface area contributed by atoms with E-state index in [4.69, 9.17) is 4.74 Å². The SMILES string of the molecule is CCC1CCCC(Oc2ccc(C)c(F)c2)C1. The molecule has 17 heavy (non-hydrogen) atoms. The van der Waals surface area contributed by atoms with Crippen LogP contribution in [0.3, 0.4) is 0 Å². The molecular weight excluding hydrogens is 215 g/mol. The molecule has 1 nitrogen and oxygen atoms in total. The lowest BCUT2D eigenvalue weighted by molar-refractivity contribution is 0.121. The number of hydrogen-bond donors (Lipinski definition) is 0. The number of halogens is 1. The lowest BCUT2D eigenvalue weighted by Crippen LogP contribution is -2.25. The van der Waals surface area contributed by atoms with Crippen LogP contribution in [-0.4, -0.2) is 6.10 Å². The van der Waals surface area contributed by atoms with Gasteiger partial charge < -0.3 is 4.74 Å². The van der Waals surface area contributed by atoms with Crippen LogP contribution in [-0.2, 0) is 0 Å². The molecule has 1 aliphatic carbocycles. The Morgan fingerprint density at radius 3 is 2.88 bits per heavy atom. The highest BCUT2D eigenvalue weighted by molar-refractivity contribution is 5.28. The maximum Gasteiger partial charge on any atom is 0.129 e. The van der Waals surface area contributed by atoms with Gasteiger partial charge in [-0.3, -0.25) is 0 Å². The number of ether oxygens (including phenoxy) is 1. The number of rotatable bonds is 3. The molecule has 2 unspecified atom stereocenters. The van der Waals surface area contributed by atoms with E-state index in [-0.39, 0.29) is 11.9 Å². The van der Waals surface area contributed by atoms with Gasteiger partial charge in [0.1, 0.15) is 11.6 Å². The summed E-state index contributed by atoms with van der Waals surface area (Å²) >= 11 is 0. The maximum atomic E-state index is 13.4. The molecular formula is C15H21FO. The zero-order valence-electron chi connectivity index (χ0n) is 10.7. The summed E-state index contributed by atoms with van der Waals surface area (Å²) in [7, 11) is 0. The van der Waals surface area contributed by atoms with Crippen LogP contribution in [0, 0.1) is 18.7 Å². The fourth-order valence-electron chi connectivity index (χ4n) is 2.56. The average Bonchev–Trinajstić information content (AvgIpc) is 2.34.